The molecular weight excluding hydrogens is 426 g/mol. The molecule has 152 valence electrons. The molecule has 0 aliphatic heterocycles. The maximum Gasteiger partial charge on any atom is 0.339 e. The number of benzene rings is 1. The van der Waals surface area contributed by atoms with Crippen LogP contribution >= 0.6 is 35.6 Å². The van der Waals surface area contributed by atoms with Gasteiger partial charge < -0.3 is 24.4 Å². The molecule has 8 nitrogen and oxygen atoms in total. The van der Waals surface area contributed by atoms with E-state index in [1.165, 1.54) is 32.0 Å². The maximum atomic E-state index is 12.2. The van der Waals surface area contributed by atoms with E-state index < -0.39 is 5.97 Å². The Morgan fingerprint density at radius 1 is 1.50 bits per heavy atom. The van der Waals surface area contributed by atoms with Crippen LogP contribution in [0.4, 0.5) is 0 Å². The van der Waals surface area contributed by atoms with Gasteiger partial charge in [-0.25, -0.2) is 4.79 Å². The average Bonchev–Trinajstić information content (AvgIpc) is 3.08. The Morgan fingerprint density at radius 3 is 2.75 bits per heavy atom. The zero-order valence-corrected chi connectivity index (χ0v) is 18.1. The van der Waals surface area contributed by atoms with Gasteiger partial charge in [-0.05, 0) is 13.8 Å². The van der Waals surface area contributed by atoms with Crippen molar-refractivity contribution in [1.82, 2.24) is 15.5 Å². The first-order chi connectivity index (χ1) is 13.3. The molecule has 2 rings (SSSR count). The molecule has 0 bridgehead atoms. The first-order valence-corrected chi connectivity index (χ1v) is 10.0. The number of aromatic nitrogens is 2. The van der Waals surface area contributed by atoms with E-state index in [9.17, 15) is 9.90 Å². The number of nitrogens with one attached hydrogen (secondary N) is 1. The number of aryl methyl sites for hydroxylation is 1. The molecule has 0 spiro atoms. The van der Waals surface area contributed by atoms with Crippen LogP contribution in [0.5, 0.6) is 11.5 Å². The molecule has 1 aromatic heterocycles. The summed E-state index contributed by atoms with van der Waals surface area (Å²) in [4.78, 5) is 17.0. The molecule has 1 heterocycles. The predicted molar refractivity (Wildman–Crippen MR) is 110 cm³/mol. The molecule has 0 aliphatic carbocycles. The fourth-order valence-corrected chi connectivity index (χ4v) is 3.96. The van der Waals surface area contributed by atoms with Crippen molar-refractivity contribution in [3.05, 3.63) is 33.9 Å². The van der Waals surface area contributed by atoms with Crippen molar-refractivity contribution in [3.63, 3.8) is 0 Å². The Morgan fingerprint density at radius 2 is 2.21 bits per heavy atom. The third-order valence-corrected chi connectivity index (χ3v) is 5.23. The van der Waals surface area contributed by atoms with E-state index in [1.54, 1.807) is 13.8 Å². The molecule has 2 N–H and O–H groups in total. The lowest BCUT2D eigenvalue weighted by Crippen LogP contribution is -2.27. The third kappa shape index (κ3) is 5.27. The van der Waals surface area contributed by atoms with Crippen LogP contribution in [0.1, 0.15) is 40.6 Å². The minimum Gasteiger partial charge on any atom is -0.507 e. The Balaban J connectivity index is 2.23. The van der Waals surface area contributed by atoms with Gasteiger partial charge in [-0.3, -0.25) is 0 Å². The number of methoxy groups -OCH3 is 2. The van der Waals surface area contributed by atoms with Gasteiger partial charge >= 0.3 is 5.97 Å². The fraction of sp³-hybridized carbons (Fsp3) is 0.412. The number of carbonyl (C=O) groups excluding carboxylic acids is 1. The summed E-state index contributed by atoms with van der Waals surface area (Å²) in [5.41, 5.74) is 0.417. The van der Waals surface area contributed by atoms with Crippen molar-refractivity contribution >= 4 is 46.5 Å². The number of halogens is 1. The molecule has 0 amide bonds. The zero-order valence-electron chi connectivity index (χ0n) is 15.7. The van der Waals surface area contributed by atoms with Crippen LogP contribution in [-0.4, -0.2) is 46.2 Å². The minimum absolute atomic E-state index is 0.0673. The second-order valence-corrected chi connectivity index (χ2v) is 7.73. The number of thioether (sulfide) groups is 1. The molecule has 0 saturated carbocycles. The number of hydrogen-bond donors (Lipinski definition) is 2. The van der Waals surface area contributed by atoms with Crippen LogP contribution in [0.2, 0.25) is 5.02 Å². The number of phenolic OH excluding ortho intramolecular Hbond substituents is 1. The number of thiocarbonyl (C=S) groups is 1. The Labute approximate surface area is 176 Å². The van der Waals surface area contributed by atoms with Gasteiger partial charge in [0.2, 0.25) is 5.89 Å². The standard InChI is InChI=1S/C17H20ClN3O5S2/c1-8-19-16(26-21-8)11(20-9(2)27)7-28-6-10-12(22)5-13(24-3)15(18)14(10)17(23)25-4/h5,11,22H,6-7H2,1-4H3,(H,20,27). The van der Waals surface area contributed by atoms with E-state index in [0.29, 0.717) is 28.0 Å². The normalized spacial score (nSPS) is 11.8. The topological polar surface area (TPSA) is 107 Å². The quantitative estimate of drug-likeness (QED) is 0.463. The van der Waals surface area contributed by atoms with E-state index in [4.69, 9.17) is 37.8 Å². The van der Waals surface area contributed by atoms with E-state index in [-0.39, 0.29) is 33.9 Å². The number of ether oxygens (including phenoxy) is 2. The number of aromatic hydroxyl groups is 1. The number of nitrogens with zero attached hydrogens (tertiary/aromatic N) is 2. The van der Waals surface area contributed by atoms with E-state index in [0.717, 1.165) is 0 Å². The second-order valence-electron chi connectivity index (χ2n) is 5.71. The van der Waals surface area contributed by atoms with Gasteiger partial charge in [0.15, 0.2) is 5.82 Å². The highest BCUT2D eigenvalue weighted by Crippen LogP contribution is 2.39. The maximum absolute atomic E-state index is 12.2. The predicted octanol–water partition coefficient (Wildman–Crippen LogP) is 3.44. The molecule has 11 heteroatoms. The van der Waals surface area contributed by atoms with Crippen molar-refractivity contribution in [1.29, 1.82) is 0 Å². The highest BCUT2D eigenvalue weighted by molar-refractivity contribution is 7.98. The monoisotopic (exact) mass is 445 g/mol. The average molecular weight is 446 g/mol. The van der Waals surface area contributed by atoms with Gasteiger partial charge in [0.25, 0.3) is 0 Å². The van der Waals surface area contributed by atoms with Gasteiger partial charge in [0.05, 0.1) is 29.8 Å². The number of esters is 1. The summed E-state index contributed by atoms with van der Waals surface area (Å²) >= 11 is 12.8. The number of phenols is 1. The van der Waals surface area contributed by atoms with E-state index in [1.807, 2.05) is 0 Å². The minimum atomic E-state index is -0.660. The molecule has 1 atom stereocenters. The summed E-state index contributed by atoms with van der Waals surface area (Å²) < 4.78 is 15.1. The van der Waals surface area contributed by atoms with Gasteiger partial charge in [0.1, 0.15) is 17.5 Å². The zero-order chi connectivity index (χ0) is 20.8. The van der Waals surface area contributed by atoms with Crippen LogP contribution in [0, 0.1) is 6.92 Å². The summed E-state index contributed by atoms with van der Waals surface area (Å²) in [5, 5.41) is 17.3. The first kappa shape index (κ1) is 22.3. The molecule has 0 fully saturated rings. The van der Waals surface area contributed by atoms with Gasteiger partial charge in [-0.15, -0.1) is 0 Å². The molecule has 0 saturated heterocycles. The van der Waals surface area contributed by atoms with Gasteiger partial charge in [-0.1, -0.05) is 29.0 Å². The Bertz CT molecular complexity index is 875. The van der Waals surface area contributed by atoms with Crippen molar-refractivity contribution in [3.8, 4) is 11.5 Å². The molecule has 1 aromatic carbocycles. The SMILES string of the molecule is COC(=O)c1c(Cl)c(OC)cc(O)c1CSCC(NC(C)=S)c1nc(C)no1. The third-order valence-electron chi connectivity index (χ3n) is 3.67. The lowest BCUT2D eigenvalue weighted by molar-refractivity contribution is 0.0599. The number of rotatable bonds is 8. The van der Waals surface area contributed by atoms with Crippen molar-refractivity contribution < 1.29 is 23.9 Å². The molecule has 2 aromatic rings. The smallest absolute Gasteiger partial charge is 0.339 e. The number of hydrogen-bond acceptors (Lipinski definition) is 9. The van der Waals surface area contributed by atoms with Crippen LogP contribution in [0.15, 0.2) is 10.6 Å². The second kappa shape index (κ2) is 9.94. The van der Waals surface area contributed by atoms with E-state index in [2.05, 4.69) is 15.5 Å². The molecule has 0 radical (unpaired) electrons. The fourth-order valence-electron chi connectivity index (χ4n) is 2.42. The lowest BCUT2D eigenvalue weighted by Gasteiger charge is -2.17. The van der Waals surface area contributed by atoms with Crippen LogP contribution in [-0.2, 0) is 10.5 Å². The molecular formula is C17H20ClN3O5S2. The van der Waals surface area contributed by atoms with Gasteiger partial charge in [-0.2, -0.15) is 16.7 Å². The highest BCUT2D eigenvalue weighted by Gasteiger charge is 2.25. The highest BCUT2D eigenvalue weighted by atomic mass is 35.5. The molecule has 28 heavy (non-hydrogen) atoms. The van der Waals surface area contributed by atoms with Crippen LogP contribution in [0.3, 0.4) is 0 Å². The first-order valence-electron chi connectivity index (χ1n) is 8.10. The lowest BCUT2D eigenvalue weighted by atomic mass is 10.1. The summed E-state index contributed by atoms with van der Waals surface area (Å²) in [7, 11) is 2.64. The summed E-state index contributed by atoms with van der Waals surface area (Å²) in [5.74, 6) is 1.09. The van der Waals surface area contributed by atoms with Crippen molar-refractivity contribution in [2.24, 2.45) is 0 Å². The molecule has 0 aliphatic rings. The molecule has 1 unspecified atom stereocenters. The summed E-state index contributed by atoms with van der Waals surface area (Å²) in [6, 6.07) is 1.05. The number of carbonyl (C=O) groups is 1. The Hall–Kier alpha value is -2.04. The summed E-state index contributed by atoms with van der Waals surface area (Å²) in [6.07, 6.45) is 0. The van der Waals surface area contributed by atoms with Crippen LogP contribution in [0.25, 0.3) is 0 Å². The van der Waals surface area contributed by atoms with Crippen LogP contribution < -0.4 is 10.1 Å². The summed E-state index contributed by atoms with van der Waals surface area (Å²) in [6.45, 7) is 3.47. The van der Waals surface area contributed by atoms with Crippen molar-refractivity contribution in [2.75, 3.05) is 20.0 Å². The van der Waals surface area contributed by atoms with Gasteiger partial charge in [0, 0.05) is 23.1 Å². The Kier molecular flexibility index (Phi) is 7.90. The van der Waals surface area contributed by atoms with Crippen molar-refractivity contribution in [2.45, 2.75) is 25.6 Å². The largest absolute Gasteiger partial charge is 0.507 e. The van der Waals surface area contributed by atoms with E-state index >= 15 is 0 Å².